The molecule has 9 nitrogen and oxygen atoms in total. The van der Waals surface area contributed by atoms with Crippen LogP contribution in [-0.2, 0) is 4.57 Å². The van der Waals surface area contributed by atoms with Crippen molar-refractivity contribution in [3.8, 4) is 28.7 Å². The molecule has 10 heteroatoms. The maximum Gasteiger partial charge on any atom is 0.524 e. The highest BCUT2D eigenvalue weighted by molar-refractivity contribution is 7.46. The summed E-state index contributed by atoms with van der Waals surface area (Å²) in [5.74, 6) is 1.66. The molecule has 2 aromatic rings. The molecule has 0 spiro atoms. The minimum atomic E-state index is -4.71. The number of phosphoric acid groups is 1. The van der Waals surface area contributed by atoms with E-state index in [-0.39, 0.29) is 17.6 Å². The number of phosphoric ester groups is 1. The Balaban J connectivity index is 0.00000392. The fourth-order valence-corrected chi connectivity index (χ4v) is 2.79. The Hall–Kier alpha value is -2.71. The number of rotatable bonds is 8. The summed E-state index contributed by atoms with van der Waals surface area (Å²) in [7, 11) is 1.26. The summed E-state index contributed by atoms with van der Waals surface area (Å²) in [4.78, 5) is 18.1. The molecule has 0 bridgehead atoms. The van der Waals surface area contributed by atoms with Crippen LogP contribution in [0.15, 0.2) is 30.3 Å². The third-order valence-electron chi connectivity index (χ3n) is 3.56. The first-order chi connectivity index (χ1) is 12.8. The Bertz CT molecular complexity index is 853. The monoisotopic (exact) mass is 413 g/mol. The quantitative estimate of drug-likeness (QED) is 0.438. The van der Waals surface area contributed by atoms with Crippen LogP contribution in [0, 0.1) is 0 Å². The van der Waals surface area contributed by atoms with Gasteiger partial charge in [0.2, 0.25) is 5.75 Å². The topological polar surface area (TPSA) is 139 Å². The predicted molar refractivity (Wildman–Crippen MR) is 106 cm³/mol. The smallest absolute Gasteiger partial charge is 0.493 e. The van der Waals surface area contributed by atoms with Gasteiger partial charge in [0, 0.05) is 0 Å². The van der Waals surface area contributed by atoms with Gasteiger partial charge in [-0.05, 0) is 35.4 Å². The van der Waals surface area contributed by atoms with E-state index in [1.54, 1.807) is 36.4 Å². The Labute approximate surface area is 163 Å². The van der Waals surface area contributed by atoms with Crippen molar-refractivity contribution in [2.24, 2.45) is 0 Å². The molecule has 0 aliphatic rings. The molecule has 154 valence electrons. The van der Waals surface area contributed by atoms with Crippen molar-refractivity contribution in [1.82, 2.24) is 6.15 Å². The largest absolute Gasteiger partial charge is 0.524 e. The Morgan fingerprint density at radius 3 is 1.71 bits per heavy atom. The first-order valence-corrected chi connectivity index (χ1v) is 9.25. The van der Waals surface area contributed by atoms with Gasteiger partial charge in [0.1, 0.15) is 0 Å². The average Bonchev–Trinajstić information content (AvgIpc) is 2.64. The minimum absolute atomic E-state index is 0. The molecule has 0 fully saturated rings. The summed E-state index contributed by atoms with van der Waals surface area (Å²) >= 11 is 0. The van der Waals surface area contributed by atoms with Gasteiger partial charge in [-0.3, -0.25) is 9.79 Å². The van der Waals surface area contributed by atoms with E-state index in [1.165, 1.54) is 34.5 Å². The van der Waals surface area contributed by atoms with E-state index in [4.69, 9.17) is 28.7 Å². The molecule has 0 aromatic heterocycles. The second-order valence-electron chi connectivity index (χ2n) is 5.28. The fourth-order valence-electron chi connectivity index (χ4n) is 2.39. The van der Waals surface area contributed by atoms with Crippen LogP contribution in [0.1, 0.15) is 11.1 Å². The molecule has 0 saturated heterocycles. The van der Waals surface area contributed by atoms with Crippen LogP contribution in [-0.4, -0.2) is 38.2 Å². The van der Waals surface area contributed by atoms with E-state index < -0.39 is 7.82 Å². The van der Waals surface area contributed by atoms with Crippen molar-refractivity contribution in [1.29, 1.82) is 0 Å². The normalized spacial score (nSPS) is 10.9. The third-order valence-corrected chi connectivity index (χ3v) is 3.99. The van der Waals surface area contributed by atoms with E-state index in [1.807, 2.05) is 0 Å². The molecule has 0 atom stereocenters. The number of hydrogen-bond donors (Lipinski definition) is 3. The average molecular weight is 413 g/mol. The first kappa shape index (κ1) is 23.3. The summed E-state index contributed by atoms with van der Waals surface area (Å²) in [6.45, 7) is 0. The van der Waals surface area contributed by atoms with Crippen molar-refractivity contribution in [2.45, 2.75) is 0 Å². The van der Waals surface area contributed by atoms with Crippen molar-refractivity contribution in [3.05, 3.63) is 41.5 Å². The van der Waals surface area contributed by atoms with Gasteiger partial charge in [-0.25, -0.2) is 4.57 Å². The van der Waals surface area contributed by atoms with Crippen molar-refractivity contribution >= 4 is 20.0 Å². The second-order valence-corrected chi connectivity index (χ2v) is 6.45. The summed E-state index contributed by atoms with van der Waals surface area (Å²) in [5, 5.41) is 0. The maximum absolute atomic E-state index is 11.1. The van der Waals surface area contributed by atoms with Gasteiger partial charge in [0.25, 0.3) is 0 Å². The van der Waals surface area contributed by atoms with Gasteiger partial charge < -0.3 is 29.6 Å². The molecule has 0 radical (unpaired) electrons. The first-order valence-electron chi connectivity index (χ1n) is 7.72. The zero-order valence-corrected chi connectivity index (χ0v) is 16.9. The SMILES string of the molecule is COc1ccc(/C=C\c2cc(OC)c(OC)c(OC)c2)cc1OP(=O)(O)O.N. The van der Waals surface area contributed by atoms with Crippen molar-refractivity contribution < 1.29 is 37.8 Å². The molecule has 0 saturated carbocycles. The zero-order chi connectivity index (χ0) is 20.0. The lowest BCUT2D eigenvalue weighted by molar-refractivity contribution is 0.276. The molecule has 2 rings (SSSR count). The van der Waals surface area contributed by atoms with E-state index in [9.17, 15) is 4.57 Å². The summed E-state index contributed by atoms with van der Waals surface area (Å²) < 4.78 is 36.8. The van der Waals surface area contributed by atoms with Gasteiger partial charge in [0.15, 0.2) is 23.0 Å². The van der Waals surface area contributed by atoms with Crippen molar-refractivity contribution in [3.63, 3.8) is 0 Å². The van der Waals surface area contributed by atoms with Gasteiger partial charge >= 0.3 is 7.82 Å². The second kappa shape index (κ2) is 10.0. The number of methoxy groups -OCH3 is 4. The van der Waals surface area contributed by atoms with Crippen LogP contribution in [0.4, 0.5) is 0 Å². The summed E-state index contributed by atoms with van der Waals surface area (Å²) in [6, 6.07) is 8.29. The van der Waals surface area contributed by atoms with Crippen LogP contribution < -0.4 is 29.6 Å². The van der Waals surface area contributed by atoms with Crippen LogP contribution in [0.25, 0.3) is 12.2 Å². The lowest BCUT2D eigenvalue weighted by Crippen LogP contribution is -1.95. The highest BCUT2D eigenvalue weighted by Gasteiger charge is 2.19. The lowest BCUT2D eigenvalue weighted by atomic mass is 10.1. The molecule has 0 unspecified atom stereocenters. The van der Waals surface area contributed by atoms with Gasteiger partial charge in [-0.1, -0.05) is 18.2 Å². The molecule has 2 aromatic carbocycles. The zero-order valence-electron chi connectivity index (χ0n) is 16.0. The lowest BCUT2D eigenvalue weighted by Gasteiger charge is -2.13. The predicted octanol–water partition coefficient (Wildman–Crippen LogP) is 3.52. The molecule has 0 aliphatic carbocycles. The van der Waals surface area contributed by atoms with Crippen LogP contribution >= 0.6 is 7.82 Å². The van der Waals surface area contributed by atoms with E-state index in [2.05, 4.69) is 4.52 Å². The highest BCUT2D eigenvalue weighted by Crippen LogP contribution is 2.42. The summed E-state index contributed by atoms with van der Waals surface area (Å²) in [5.41, 5.74) is 1.42. The summed E-state index contributed by atoms with van der Waals surface area (Å²) in [6.07, 6.45) is 3.53. The van der Waals surface area contributed by atoms with Crippen molar-refractivity contribution in [2.75, 3.05) is 28.4 Å². The molecule has 0 aliphatic heterocycles. The fraction of sp³-hybridized carbons (Fsp3) is 0.222. The van der Waals surface area contributed by atoms with Crippen LogP contribution in [0.5, 0.6) is 28.7 Å². The Morgan fingerprint density at radius 2 is 1.25 bits per heavy atom. The van der Waals surface area contributed by atoms with E-state index in [0.717, 1.165) is 5.56 Å². The molecule has 28 heavy (non-hydrogen) atoms. The molecular formula is C18H24NO8P. The third kappa shape index (κ3) is 5.90. The maximum atomic E-state index is 11.1. The highest BCUT2D eigenvalue weighted by atomic mass is 31.2. The number of hydrogen-bond acceptors (Lipinski definition) is 7. The van der Waals surface area contributed by atoms with Gasteiger partial charge in [-0.15, -0.1) is 0 Å². The molecule has 0 amide bonds. The minimum Gasteiger partial charge on any atom is -0.493 e. The standard InChI is InChI=1S/C18H21O8P.H3N/c1-22-14-8-7-12(9-15(14)26-27(19,20)21)5-6-13-10-16(23-2)18(25-4)17(11-13)24-3;/h5-11H,1-4H3,(H2,19,20,21);1H3/b6-5-;. The number of benzene rings is 2. The van der Waals surface area contributed by atoms with Crippen LogP contribution in [0.2, 0.25) is 0 Å². The molecule has 5 N–H and O–H groups in total. The molecular weight excluding hydrogens is 389 g/mol. The van der Waals surface area contributed by atoms with E-state index in [0.29, 0.717) is 22.8 Å². The number of ether oxygens (including phenoxy) is 4. The Morgan fingerprint density at radius 1 is 0.750 bits per heavy atom. The van der Waals surface area contributed by atoms with Gasteiger partial charge in [0.05, 0.1) is 28.4 Å². The van der Waals surface area contributed by atoms with Crippen LogP contribution in [0.3, 0.4) is 0 Å². The van der Waals surface area contributed by atoms with E-state index >= 15 is 0 Å². The van der Waals surface area contributed by atoms with Gasteiger partial charge in [-0.2, -0.15) is 0 Å². The Kier molecular flexibility index (Phi) is 8.34. The molecule has 0 heterocycles.